The normalized spacial score (nSPS) is 24.1. The van der Waals surface area contributed by atoms with Gasteiger partial charge in [-0.15, -0.1) is 0 Å². The summed E-state index contributed by atoms with van der Waals surface area (Å²) in [5, 5.41) is 19.8. The number of sulfonamides is 1. The minimum Gasteiger partial charge on any atom is -0.395 e. The van der Waals surface area contributed by atoms with Crippen molar-refractivity contribution in [2.24, 2.45) is 5.92 Å². The predicted octanol–water partition coefficient (Wildman–Crippen LogP) is 3.58. The first-order chi connectivity index (χ1) is 15.0. The Kier molecular flexibility index (Phi) is 6.16. The van der Waals surface area contributed by atoms with Gasteiger partial charge in [-0.1, -0.05) is 55.0 Å². The van der Waals surface area contributed by atoms with Crippen LogP contribution in [0.4, 0.5) is 0 Å². The Hall–Kier alpha value is -2.64. The van der Waals surface area contributed by atoms with E-state index in [1.807, 2.05) is 24.3 Å². The molecule has 1 N–H and O–H groups in total. The summed E-state index contributed by atoms with van der Waals surface area (Å²) in [6, 6.07) is 14.9. The lowest BCUT2D eigenvalue weighted by Gasteiger charge is -2.50. The minimum atomic E-state index is -3.89. The lowest BCUT2D eigenvalue weighted by molar-refractivity contribution is 0.0556. The molecule has 31 heavy (non-hydrogen) atoms. The van der Waals surface area contributed by atoms with Crippen LogP contribution in [0.2, 0.25) is 0 Å². The van der Waals surface area contributed by atoms with Crippen LogP contribution in [0, 0.1) is 36.0 Å². The van der Waals surface area contributed by atoms with Crippen molar-refractivity contribution >= 4 is 10.0 Å². The molecule has 2 aromatic carbocycles. The van der Waals surface area contributed by atoms with Crippen LogP contribution in [0.15, 0.2) is 53.4 Å². The zero-order chi connectivity index (χ0) is 22.0. The molecule has 0 bridgehead atoms. The number of nitriles is 1. The van der Waals surface area contributed by atoms with Gasteiger partial charge in [0.1, 0.15) is 6.04 Å². The molecule has 6 heteroatoms. The summed E-state index contributed by atoms with van der Waals surface area (Å²) in [7, 11) is -3.89. The summed E-state index contributed by atoms with van der Waals surface area (Å²) in [6.07, 6.45) is 4.83. The third-order valence-corrected chi connectivity index (χ3v) is 8.46. The van der Waals surface area contributed by atoms with E-state index < -0.39 is 22.1 Å². The molecule has 0 radical (unpaired) electrons. The predicted molar refractivity (Wildman–Crippen MR) is 118 cm³/mol. The first-order valence-electron chi connectivity index (χ1n) is 10.7. The minimum absolute atomic E-state index is 0.171. The van der Waals surface area contributed by atoms with Crippen molar-refractivity contribution in [3.63, 3.8) is 0 Å². The highest BCUT2D eigenvalue weighted by Gasteiger charge is 2.55. The summed E-state index contributed by atoms with van der Waals surface area (Å²) < 4.78 is 27.7. The Bertz CT molecular complexity index is 1150. The summed E-state index contributed by atoms with van der Waals surface area (Å²) in [4.78, 5) is 0.171. The van der Waals surface area contributed by atoms with Gasteiger partial charge >= 0.3 is 0 Å². The second kappa shape index (κ2) is 8.85. The van der Waals surface area contributed by atoms with Crippen LogP contribution in [0.25, 0.3) is 0 Å². The van der Waals surface area contributed by atoms with Crippen molar-refractivity contribution in [3.8, 4) is 17.9 Å². The second-order valence-electron chi connectivity index (χ2n) is 8.32. The van der Waals surface area contributed by atoms with Gasteiger partial charge in [-0.25, -0.2) is 8.42 Å². The average Bonchev–Trinajstić information content (AvgIpc) is 3.27. The average molecular weight is 435 g/mol. The Morgan fingerprint density at radius 1 is 1.10 bits per heavy atom. The summed E-state index contributed by atoms with van der Waals surface area (Å²) >= 11 is 0. The quantitative estimate of drug-likeness (QED) is 0.746. The number of aliphatic hydroxyl groups is 1. The van der Waals surface area contributed by atoms with Gasteiger partial charge in [-0.3, -0.25) is 0 Å². The molecule has 4 rings (SSSR count). The molecule has 1 heterocycles. The Morgan fingerprint density at radius 2 is 1.77 bits per heavy atom. The molecular formula is C25H26N2O3S. The van der Waals surface area contributed by atoms with Gasteiger partial charge in [-0.05, 0) is 49.1 Å². The second-order valence-corrected chi connectivity index (χ2v) is 10.1. The number of rotatable bonds is 4. The van der Waals surface area contributed by atoms with E-state index in [1.165, 1.54) is 25.7 Å². The van der Waals surface area contributed by atoms with E-state index in [4.69, 9.17) is 0 Å². The first-order valence-corrected chi connectivity index (χ1v) is 12.1. The number of aliphatic hydroxyl groups excluding tert-OH is 1. The summed E-state index contributed by atoms with van der Waals surface area (Å²) in [5.41, 5.74) is 2.37. The van der Waals surface area contributed by atoms with Gasteiger partial charge < -0.3 is 5.11 Å². The van der Waals surface area contributed by atoms with E-state index >= 15 is 0 Å². The molecule has 1 aliphatic carbocycles. The van der Waals surface area contributed by atoms with Gasteiger partial charge in [0.15, 0.2) is 0 Å². The molecule has 0 aromatic heterocycles. The fourth-order valence-electron chi connectivity index (χ4n) is 4.70. The van der Waals surface area contributed by atoms with Crippen LogP contribution in [0.5, 0.6) is 0 Å². The van der Waals surface area contributed by atoms with Crippen molar-refractivity contribution in [2.75, 3.05) is 6.61 Å². The van der Waals surface area contributed by atoms with Gasteiger partial charge in [0, 0.05) is 17.4 Å². The first kappa shape index (κ1) is 21.6. The van der Waals surface area contributed by atoms with Crippen LogP contribution in [-0.4, -0.2) is 36.5 Å². The lowest BCUT2D eigenvalue weighted by Crippen LogP contribution is -2.65. The molecule has 0 unspecified atom stereocenters. The lowest BCUT2D eigenvalue weighted by atomic mass is 9.78. The van der Waals surface area contributed by atoms with Gasteiger partial charge in [0.25, 0.3) is 0 Å². The fourth-order valence-corrected chi connectivity index (χ4v) is 6.68. The third kappa shape index (κ3) is 4.00. The van der Waals surface area contributed by atoms with E-state index in [1.54, 1.807) is 31.2 Å². The Labute approximate surface area is 184 Å². The summed E-state index contributed by atoms with van der Waals surface area (Å²) in [6.45, 7) is 1.38. The number of aryl methyl sites for hydroxylation is 1. The Balaban J connectivity index is 1.58. The van der Waals surface area contributed by atoms with E-state index in [-0.39, 0.29) is 17.4 Å². The molecule has 160 valence electrons. The van der Waals surface area contributed by atoms with E-state index in [2.05, 4.69) is 17.9 Å². The number of hydrogen-bond donors (Lipinski definition) is 1. The van der Waals surface area contributed by atoms with Crippen LogP contribution in [-0.2, 0) is 10.0 Å². The number of benzene rings is 2. The van der Waals surface area contributed by atoms with Crippen molar-refractivity contribution in [1.82, 2.24) is 4.31 Å². The van der Waals surface area contributed by atoms with Crippen LogP contribution in [0.1, 0.15) is 48.3 Å². The van der Waals surface area contributed by atoms with Crippen molar-refractivity contribution in [1.29, 1.82) is 5.26 Å². The van der Waals surface area contributed by atoms with Crippen LogP contribution >= 0.6 is 0 Å². The van der Waals surface area contributed by atoms with Gasteiger partial charge in [0.05, 0.1) is 23.6 Å². The number of hydrogen-bond acceptors (Lipinski definition) is 4. The maximum absolute atomic E-state index is 13.3. The molecule has 2 aliphatic rings. The standard InChI is InChI=1S/C25H26N2O3S/c1-18-6-2-5-9-24(18)31(29,30)27-22(16-26)25(23(27)17-28)21-14-12-20(13-15-21)11-10-19-7-3-4-8-19/h2,5-6,9,12-15,19,22-23,25,28H,3-4,7-8,17H2,1H3/t22-,23-,25+/m1/s1. The summed E-state index contributed by atoms with van der Waals surface area (Å²) in [5.74, 6) is 6.66. The molecule has 0 amide bonds. The van der Waals surface area contributed by atoms with Crippen molar-refractivity contribution < 1.29 is 13.5 Å². The molecule has 2 fully saturated rings. The third-order valence-electron chi connectivity index (χ3n) is 6.40. The highest BCUT2D eigenvalue weighted by molar-refractivity contribution is 7.89. The molecule has 1 aliphatic heterocycles. The maximum atomic E-state index is 13.3. The van der Waals surface area contributed by atoms with Crippen molar-refractivity contribution in [3.05, 3.63) is 65.2 Å². The molecule has 2 aromatic rings. The molecule has 1 saturated heterocycles. The number of nitrogens with zero attached hydrogens (tertiary/aromatic N) is 2. The molecular weight excluding hydrogens is 408 g/mol. The molecule has 3 atom stereocenters. The Morgan fingerprint density at radius 3 is 2.39 bits per heavy atom. The SMILES string of the molecule is Cc1ccccc1S(=O)(=O)N1[C@H](C#N)[C@H](c2ccc(C#CC3CCCC3)cc2)[C@H]1CO. The largest absolute Gasteiger partial charge is 0.395 e. The van der Waals surface area contributed by atoms with Gasteiger partial charge in [0.2, 0.25) is 10.0 Å². The zero-order valence-electron chi connectivity index (χ0n) is 17.5. The van der Waals surface area contributed by atoms with E-state index in [0.717, 1.165) is 15.4 Å². The smallest absolute Gasteiger partial charge is 0.244 e. The molecule has 1 saturated carbocycles. The monoisotopic (exact) mass is 434 g/mol. The van der Waals surface area contributed by atoms with Crippen LogP contribution in [0.3, 0.4) is 0 Å². The van der Waals surface area contributed by atoms with Crippen LogP contribution < -0.4 is 0 Å². The zero-order valence-corrected chi connectivity index (χ0v) is 18.3. The van der Waals surface area contributed by atoms with E-state index in [0.29, 0.717) is 11.5 Å². The van der Waals surface area contributed by atoms with Gasteiger partial charge in [-0.2, -0.15) is 9.57 Å². The molecule has 0 spiro atoms. The molecule has 5 nitrogen and oxygen atoms in total. The topological polar surface area (TPSA) is 81.4 Å². The highest BCUT2D eigenvalue weighted by Crippen LogP contribution is 2.44. The fraction of sp³-hybridized carbons (Fsp3) is 0.400. The maximum Gasteiger partial charge on any atom is 0.244 e. The highest BCUT2D eigenvalue weighted by atomic mass is 32.2. The van der Waals surface area contributed by atoms with Crippen molar-refractivity contribution in [2.45, 2.75) is 55.5 Å². The van der Waals surface area contributed by atoms with E-state index in [9.17, 15) is 18.8 Å².